The summed E-state index contributed by atoms with van der Waals surface area (Å²) in [6.07, 6.45) is -4.35. The zero-order valence-corrected chi connectivity index (χ0v) is 10.6. The molecule has 0 bridgehead atoms. The number of aliphatic hydroxyl groups is 1. The average Bonchev–Trinajstić information content (AvgIpc) is 2.45. The van der Waals surface area contributed by atoms with E-state index in [-0.39, 0.29) is 6.61 Å². The second-order valence-electron chi connectivity index (χ2n) is 4.37. The lowest BCUT2D eigenvalue weighted by atomic mass is 10.0. The second kappa shape index (κ2) is 5.96. The smallest absolute Gasteiger partial charge is 0.394 e. The molecule has 0 aliphatic rings. The highest BCUT2D eigenvalue weighted by molar-refractivity contribution is 5.45. The molecule has 5 heteroatoms. The van der Waals surface area contributed by atoms with Crippen molar-refractivity contribution in [1.29, 1.82) is 0 Å². The van der Waals surface area contributed by atoms with Crippen LogP contribution in [-0.4, -0.2) is 11.7 Å². The van der Waals surface area contributed by atoms with Crippen LogP contribution in [0.15, 0.2) is 54.6 Å². The summed E-state index contributed by atoms with van der Waals surface area (Å²) in [5.41, 5.74) is 0.702. The SMILES string of the molecule is OCC(Nc1ccccc1)c1ccc(C(F)(F)F)cc1. The van der Waals surface area contributed by atoms with Crippen LogP contribution in [0.25, 0.3) is 0 Å². The van der Waals surface area contributed by atoms with Crippen molar-refractivity contribution in [3.8, 4) is 0 Å². The van der Waals surface area contributed by atoms with Crippen molar-refractivity contribution in [3.05, 3.63) is 65.7 Å². The maximum Gasteiger partial charge on any atom is 0.416 e. The fourth-order valence-electron chi connectivity index (χ4n) is 1.87. The number of hydrogen-bond acceptors (Lipinski definition) is 2. The molecule has 0 aliphatic heterocycles. The number of hydrogen-bond donors (Lipinski definition) is 2. The lowest BCUT2D eigenvalue weighted by Gasteiger charge is -2.18. The summed E-state index contributed by atoms with van der Waals surface area (Å²) < 4.78 is 37.5. The van der Waals surface area contributed by atoms with Gasteiger partial charge in [-0.3, -0.25) is 0 Å². The summed E-state index contributed by atoms with van der Waals surface area (Å²) in [5.74, 6) is 0. The van der Waals surface area contributed by atoms with Gasteiger partial charge in [0.2, 0.25) is 0 Å². The number of para-hydroxylation sites is 1. The largest absolute Gasteiger partial charge is 0.416 e. The van der Waals surface area contributed by atoms with Gasteiger partial charge in [0.05, 0.1) is 18.2 Å². The number of rotatable bonds is 4. The molecule has 0 heterocycles. The lowest BCUT2D eigenvalue weighted by molar-refractivity contribution is -0.137. The minimum absolute atomic E-state index is 0.208. The van der Waals surface area contributed by atoms with Gasteiger partial charge >= 0.3 is 6.18 Å². The van der Waals surface area contributed by atoms with E-state index in [2.05, 4.69) is 5.32 Å². The van der Waals surface area contributed by atoms with Crippen LogP contribution < -0.4 is 5.32 Å². The van der Waals surface area contributed by atoms with Gasteiger partial charge in [-0.1, -0.05) is 30.3 Å². The van der Waals surface area contributed by atoms with Gasteiger partial charge in [0.25, 0.3) is 0 Å². The normalized spacial score (nSPS) is 13.0. The third-order valence-electron chi connectivity index (χ3n) is 2.94. The van der Waals surface area contributed by atoms with Crippen molar-refractivity contribution < 1.29 is 18.3 Å². The maximum atomic E-state index is 12.5. The van der Waals surface area contributed by atoms with Gasteiger partial charge in [0, 0.05) is 5.69 Å². The maximum absolute atomic E-state index is 12.5. The topological polar surface area (TPSA) is 32.3 Å². The zero-order valence-electron chi connectivity index (χ0n) is 10.6. The van der Waals surface area contributed by atoms with Crippen molar-refractivity contribution >= 4 is 5.69 Å². The van der Waals surface area contributed by atoms with Crippen molar-refractivity contribution in [1.82, 2.24) is 0 Å². The van der Waals surface area contributed by atoms with E-state index in [9.17, 15) is 18.3 Å². The Kier molecular flexibility index (Phi) is 4.29. The minimum Gasteiger partial charge on any atom is -0.394 e. The van der Waals surface area contributed by atoms with Crippen molar-refractivity contribution in [2.45, 2.75) is 12.2 Å². The first-order valence-corrected chi connectivity index (χ1v) is 6.10. The molecule has 2 aromatic rings. The Labute approximate surface area is 114 Å². The van der Waals surface area contributed by atoms with Gasteiger partial charge in [-0.2, -0.15) is 13.2 Å². The summed E-state index contributed by atoms with van der Waals surface area (Å²) in [5, 5.41) is 12.5. The molecule has 0 aromatic heterocycles. The van der Waals surface area contributed by atoms with Gasteiger partial charge in [-0.05, 0) is 29.8 Å². The number of halogens is 3. The molecule has 2 nitrogen and oxygen atoms in total. The molecular weight excluding hydrogens is 267 g/mol. The van der Waals surface area contributed by atoms with Gasteiger partial charge in [-0.15, -0.1) is 0 Å². The molecule has 2 aromatic carbocycles. The number of benzene rings is 2. The summed E-state index contributed by atoms with van der Waals surface area (Å²) in [4.78, 5) is 0. The Balaban J connectivity index is 2.16. The number of nitrogens with one attached hydrogen (secondary N) is 1. The molecule has 20 heavy (non-hydrogen) atoms. The molecule has 1 unspecified atom stereocenters. The van der Waals surface area contributed by atoms with Crippen LogP contribution in [0.3, 0.4) is 0 Å². The summed E-state index contributed by atoms with van der Waals surface area (Å²) in [6, 6.07) is 13.5. The Morgan fingerprint density at radius 1 is 0.950 bits per heavy atom. The predicted molar refractivity (Wildman–Crippen MR) is 71.3 cm³/mol. The van der Waals surface area contributed by atoms with Crippen LogP contribution in [0.4, 0.5) is 18.9 Å². The fourth-order valence-corrected chi connectivity index (χ4v) is 1.87. The van der Waals surface area contributed by atoms with E-state index in [1.807, 2.05) is 30.3 Å². The lowest BCUT2D eigenvalue weighted by Crippen LogP contribution is -2.15. The molecule has 106 valence electrons. The highest BCUT2D eigenvalue weighted by Crippen LogP contribution is 2.30. The van der Waals surface area contributed by atoms with Gasteiger partial charge in [-0.25, -0.2) is 0 Å². The molecule has 0 saturated carbocycles. The van der Waals surface area contributed by atoms with E-state index in [1.54, 1.807) is 0 Å². The van der Waals surface area contributed by atoms with Crippen LogP contribution in [0.5, 0.6) is 0 Å². The Morgan fingerprint density at radius 2 is 1.55 bits per heavy atom. The molecular formula is C15H14F3NO. The minimum atomic E-state index is -4.35. The van der Waals surface area contributed by atoms with E-state index < -0.39 is 17.8 Å². The van der Waals surface area contributed by atoms with Crippen LogP contribution in [0.2, 0.25) is 0 Å². The molecule has 0 fully saturated rings. The first-order chi connectivity index (χ1) is 9.50. The Morgan fingerprint density at radius 3 is 2.05 bits per heavy atom. The average molecular weight is 281 g/mol. The van der Waals surface area contributed by atoms with E-state index in [1.165, 1.54) is 12.1 Å². The van der Waals surface area contributed by atoms with E-state index in [0.29, 0.717) is 5.56 Å². The molecule has 1 atom stereocenters. The van der Waals surface area contributed by atoms with Crippen molar-refractivity contribution in [2.24, 2.45) is 0 Å². The summed E-state index contributed by atoms with van der Waals surface area (Å²) in [7, 11) is 0. The third kappa shape index (κ3) is 3.51. The fraction of sp³-hybridized carbons (Fsp3) is 0.200. The Bertz CT molecular complexity index is 537. The molecule has 0 saturated heterocycles. The number of aliphatic hydroxyl groups excluding tert-OH is 1. The molecule has 0 amide bonds. The van der Waals surface area contributed by atoms with Crippen molar-refractivity contribution in [2.75, 3.05) is 11.9 Å². The van der Waals surface area contributed by atoms with Gasteiger partial charge in [0.1, 0.15) is 0 Å². The monoisotopic (exact) mass is 281 g/mol. The molecule has 0 radical (unpaired) electrons. The predicted octanol–water partition coefficient (Wildman–Crippen LogP) is 3.85. The van der Waals surface area contributed by atoms with E-state index in [4.69, 9.17) is 0 Å². The van der Waals surface area contributed by atoms with Crippen LogP contribution in [0.1, 0.15) is 17.2 Å². The standard InChI is InChI=1S/C15H14F3NO/c16-15(17,18)12-8-6-11(7-9-12)14(10-20)19-13-4-2-1-3-5-13/h1-9,14,19-20H,10H2. The van der Waals surface area contributed by atoms with E-state index >= 15 is 0 Å². The van der Waals surface area contributed by atoms with Crippen LogP contribution >= 0.6 is 0 Å². The number of anilines is 1. The number of alkyl halides is 3. The van der Waals surface area contributed by atoms with Gasteiger partial charge in [0.15, 0.2) is 0 Å². The quantitative estimate of drug-likeness (QED) is 0.892. The van der Waals surface area contributed by atoms with Crippen LogP contribution in [-0.2, 0) is 6.18 Å². The molecule has 2 N–H and O–H groups in total. The highest BCUT2D eigenvalue weighted by Gasteiger charge is 2.30. The molecule has 2 rings (SSSR count). The summed E-state index contributed by atoms with van der Waals surface area (Å²) in [6.45, 7) is -0.208. The highest BCUT2D eigenvalue weighted by atomic mass is 19.4. The van der Waals surface area contributed by atoms with E-state index in [0.717, 1.165) is 17.8 Å². The van der Waals surface area contributed by atoms with Gasteiger partial charge < -0.3 is 10.4 Å². The molecule has 0 aliphatic carbocycles. The van der Waals surface area contributed by atoms with Crippen LogP contribution in [0, 0.1) is 0 Å². The summed E-state index contributed by atoms with van der Waals surface area (Å²) >= 11 is 0. The molecule has 0 spiro atoms. The first kappa shape index (κ1) is 14.4. The second-order valence-corrected chi connectivity index (χ2v) is 4.37. The van der Waals surface area contributed by atoms with Crippen molar-refractivity contribution in [3.63, 3.8) is 0 Å². The Hall–Kier alpha value is -2.01. The third-order valence-corrected chi connectivity index (χ3v) is 2.94. The zero-order chi connectivity index (χ0) is 14.6. The first-order valence-electron chi connectivity index (χ1n) is 6.10.